The Hall–Kier alpha value is -1.53. The van der Waals surface area contributed by atoms with Crippen molar-refractivity contribution in [3.63, 3.8) is 0 Å². The number of ether oxygens (including phenoxy) is 3. The van der Waals surface area contributed by atoms with Crippen molar-refractivity contribution in [2.24, 2.45) is 0 Å². The van der Waals surface area contributed by atoms with Crippen LogP contribution in [0.15, 0.2) is 28.7 Å². The van der Waals surface area contributed by atoms with Crippen molar-refractivity contribution in [3.05, 3.63) is 34.3 Å². The number of carbonyl (C=O) groups excluding carboxylic acids is 2. The number of halogens is 2. The fraction of sp³-hybridized carbons (Fsp3) is 0.375. The van der Waals surface area contributed by atoms with E-state index in [1.807, 2.05) is 0 Å². The van der Waals surface area contributed by atoms with Crippen LogP contribution in [0.3, 0.4) is 0 Å². The molecule has 2 rings (SSSR count). The lowest BCUT2D eigenvalue weighted by Crippen LogP contribution is -2.18. The summed E-state index contributed by atoms with van der Waals surface area (Å²) < 4.78 is 16.2. The summed E-state index contributed by atoms with van der Waals surface area (Å²) in [5.41, 5.74) is 1.15. The molecule has 1 unspecified atom stereocenters. The Morgan fingerprint density at radius 1 is 1.43 bits per heavy atom. The summed E-state index contributed by atoms with van der Waals surface area (Å²) in [5.74, 6) is 0.286. The van der Waals surface area contributed by atoms with Gasteiger partial charge in [-0.1, -0.05) is 6.07 Å². The Balaban J connectivity index is 2.01. The first-order valence-electron chi connectivity index (χ1n) is 7.03. The van der Waals surface area contributed by atoms with Crippen LogP contribution in [0.25, 0.3) is 5.57 Å². The highest BCUT2D eigenvalue weighted by Gasteiger charge is 2.27. The molecule has 0 fully saturated rings. The molecule has 1 heterocycles. The maximum atomic E-state index is 12.0. The molecule has 0 saturated heterocycles. The van der Waals surface area contributed by atoms with Crippen molar-refractivity contribution < 1.29 is 23.8 Å². The summed E-state index contributed by atoms with van der Waals surface area (Å²) >= 11 is 8.89. The zero-order valence-corrected chi connectivity index (χ0v) is 14.9. The molecule has 0 bridgehead atoms. The molecule has 1 aliphatic heterocycles. The second kappa shape index (κ2) is 8.36. The number of esters is 2. The second-order valence-electron chi connectivity index (χ2n) is 4.85. The third-order valence-corrected chi connectivity index (χ3v) is 4.10. The van der Waals surface area contributed by atoms with Gasteiger partial charge in [0.05, 0.1) is 17.2 Å². The van der Waals surface area contributed by atoms with Crippen LogP contribution in [0.1, 0.15) is 18.4 Å². The molecule has 0 N–H and O–H groups in total. The maximum absolute atomic E-state index is 12.0. The van der Waals surface area contributed by atoms with Gasteiger partial charge in [0.25, 0.3) is 0 Å². The molecule has 1 aliphatic rings. The Labute approximate surface area is 147 Å². The monoisotopic (exact) mass is 402 g/mol. The quantitative estimate of drug-likeness (QED) is 0.516. The Bertz CT molecular complexity index is 629. The second-order valence-corrected chi connectivity index (χ2v) is 6.08. The predicted molar refractivity (Wildman–Crippen MR) is 89.5 cm³/mol. The van der Waals surface area contributed by atoms with Crippen LogP contribution in [0, 0.1) is 0 Å². The normalized spacial score (nSPS) is 16.7. The van der Waals surface area contributed by atoms with Gasteiger partial charge in [0.15, 0.2) is 6.10 Å². The third kappa shape index (κ3) is 4.72. The third-order valence-electron chi connectivity index (χ3n) is 3.22. The summed E-state index contributed by atoms with van der Waals surface area (Å²) in [4.78, 5) is 23.4. The Morgan fingerprint density at radius 3 is 2.87 bits per heavy atom. The van der Waals surface area contributed by atoms with Gasteiger partial charge in [-0.3, -0.25) is 4.79 Å². The minimum absolute atomic E-state index is 0.00762. The first-order chi connectivity index (χ1) is 11.0. The number of hydrogen-bond acceptors (Lipinski definition) is 5. The van der Waals surface area contributed by atoms with Crippen molar-refractivity contribution >= 4 is 45.0 Å². The van der Waals surface area contributed by atoms with Gasteiger partial charge in [-0.15, -0.1) is 11.6 Å². The highest BCUT2D eigenvalue weighted by atomic mass is 79.9. The van der Waals surface area contributed by atoms with Crippen molar-refractivity contribution in [1.29, 1.82) is 0 Å². The van der Waals surface area contributed by atoms with E-state index in [0.717, 1.165) is 4.47 Å². The fourth-order valence-electron chi connectivity index (χ4n) is 2.08. The summed E-state index contributed by atoms with van der Waals surface area (Å²) in [6.07, 6.45) is 1.90. The molecule has 124 valence electrons. The molecule has 0 aromatic heterocycles. The van der Waals surface area contributed by atoms with Crippen LogP contribution in [0.2, 0.25) is 0 Å². The average Bonchev–Trinajstić information content (AvgIpc) is 2.91. The summed E-state index contributed by atoms with van der Waals surface area (Å²) in [5, 5.41) is 0. The summed E-state index contributed by atoms with van der Waals surface area (Å²) in [7, 11) is 1.57. The Morgan fingerprint density at radius 2 is 2.22 bits per heavy atom. The standard InChI is InChI=1S/C16H16BrClO5/c1-21-14-5-4-10(7-13(14)17)12-8-11(23-16(12)20)9-22-15(19)3-2-6-18/h4-5,7-8,11H,2-3,6,9H2,1H3. The van der Waals surface area contributed by atoms with E-state index in [9.17, 15) is 9.59 Å². The lowest BCUT2D eigenvalue weighted by molar-refractivity contribution is -0.151. The highest BCUT2D eigenvalue weighted by Crippen LogP contribution is 2.31. The zero-order chi connectivity index (χ0) is 16.8. The van der Waals surface area contributed by atoms with Gasteiger partial charge < -0.3 is 14.2 Å². The van der Waals surface area contributed by atoms with Crippen molar-refractivity contribution in [3.8, 4) is 5.75 Å². The van der Waals surface area contributed by atoms with E-state index in [-0.39, 0.29) is 19.0 Å². The fourth-order valence-corrected chi connectivity index (χ4v) is 2.75. The molecule has 0 aliphatic carbocycles. The molecule has 0 amide bonds. The molecule has 7 heteroatoms. The average molecular weight is 404 g/mol. The lowest BCUT2D eigenvalue weighted by atomic mass is 10.1. The van der Waals surface area contributed by atoms with Gasteiger partial charge >= 0.3 is 11.9 Å². The van der Waals surface area contributed by atoms with Crippen LogP contribution < -0.4 is 4.74 Å². The SMILES string of the molecule is COc1ccc(C2=CC(COC(=O)CCCCl)OC2=O)cc1Br. The minimum Gasteiger partial charge on any atom is -0.496 e. The van der Waals surface area contributed by atoms with E-state index in [0.29, 0.717) is 29.2 Å². The summed E-state index contributed by atoms with van der Waals surface area (Å²) in [6, 6.07) is 5.30. The van der Waals surface area contributed by atoms with Crippen LogP contribution in [-0.2, 0) is 19.1 Å². The minimum atomic E-state index is -0.571. The predicted octanol–water partition coefficient (Wildman–Crippen LogP) is 3.33. The molecule has 0 radical (unpaired) electrons. The van der Waals surface area contributed by atoms with Gasteiger partial charge in [-0.2, -0.15) is 0 Å². The molecule has 0 spiro atoms. The van der Waals surface area contributed by atoms with Gasteiger partial charge in [0, 0.05) is 12.3 Å². The van der Waals surface area contributed by atoms with Gasteiger partial charge in [0.2, 0.25) is 0 Å². The first kappa shape index (κ1) is 17.8. The van der Waals surface area contributed by atoms with E-state index in [1.54, 1.807) is 31.4 Å². The van der Waals surface area contributed by atoms with Gasteiger partial charge in [0.1, 0.15) is 12.4 Å². The molecular weight excluding hydrogens is 388 g/mol. The van der Waals surface area contributed by atoms with E-state index in [1.165, 1.54) is 0 Å². The van der Waals surface area contributed by atoms with Gasteiger partial charge in [-0.25, -0.2) is 4.79 Å². The summed E-state index contributed by atoms with van der Waals surface area (Å²) in [6.45, 7) is 0.00762. The number of benzene rings is 1. The smallest absolute Gasteiger partial charge is 0.339 e. The highest BCUT2D eigenvalue weighted by molar-refractivity contribution is 9.10. The number of hydrogen-bond donors (Lipinski definition) is 0. The Kier molecular flexibility index (Phi) is 6.47. The lowest BCUT2D eigenvalue weighted by Gasteiger charge is -2.08. The first-order valence-corrected chi connectivity index (χ1v) is 8.36. The largest absolute Gasteiger partial charge is 0.496 e. The number of cyclic esters (lactones) is 1. The number of alkyl halides is 1. The molecule has 1 aromatic rings. The van der Waals surface area contributed by atoms with E-state index in [4.69, 9.17) is 25.8 Å². The molecule has 0 saturated carbocycles. The number of rotatable bonds is 7. The molecule has 23 heavy (non-hydrogen) atoms. The van der Waals surface area contributed by atoms with Crippen LogP contribution in [-0.4, -0.2) is 37.6 Å². The van der Waals surface area contributed by atoms with Crippen molar-refractivity contribution in [2.45, 2.75) is 18.9 Å². The molecule has 1 atom stereocenters. The topological polar surface area (TPSA) is 61.8 Å². The maximum Gasteiger partial charge on any atom is 0.339 e. The number of carbonyl (C=O) groups is 2. The molecule has 5 nitrogen and oxygen atoms in total. The number of methoxy groups -OCH3 is 1. The molecule has 1 aromatic carbocycles. The van der Waals surface area contributed by atoms with E-state index < -0.39 is 12.1 Å². The van der Waals surface area contributed by atoms with E-state index in [2.05, 4.69) is 15.9 Å². The van der Waals surface area contributed by atoms with Crippen molar-refractivity contribution in [2.75, 3.05) is 19.6 Å². The van der Waals surface area contributed by atoms with E-state index >= 15 is 0 Å². The van der Waals surface area contributed by atoms with Crippen LogP contribution >= 0.6 is 27.5 Å². The van der Waals surface area contributed by atoms with Crippen LogP contribution in [0.4, 0.5) is 0 Å². The molecular formula is C16H16BrClO5. The van der Waals surface area contributed by atoms with Gasteiger partial charge in [-0.05, 0) is 46.1 Å². The van der Waals surface area contributed by atoms with Crippen LogP contribution in [0.5, 0.6) is 5.75 Å². The zero-order valence-electron chi connectivity index (χ0n) is 12.5. The van der Waals surface area contributed by atoms with Crippen molar-refractivity contribution in [1.82, 2.24) is 0 Å².